The molecule has 0 bridgehead atoms. The highest BCUT2D eigenvalue weighted by Crippen LogP contribution is 2.41. The van der Waals surface area contributed by atoms with Gasteiger partial charge in [-0.1, -0.05) is 11.8 Å². The van der Waals surface area contributed by atoms with Crippen molar-refractivity contribution in [1.82, 2.24) is 15.2 Å². The summed E-state index contributed by atoms with van der Waals surface area (Å²) >= 11 is 1.43. The van der Waals surface area contributed by atoms with E-state index in [1.807, 2.05) is 26.0 Å². The second-order valence-electron chi connectivity index (χ2n) is 7.62. The van der Waals surface area contributed by atoms with Gasteiger partial charge in [0.2, 0.25) is 0 Å². The maximum absolute atomic E-state index is 13.1. The number of hydrogen-bond donors (Lipinski definition) is 1. The van der Waals surface area contributed by atoms with Gasteiger partial charge in [0.1, 0.15) is 5.03 Å². The van der Waals surface area contributed by atoms with Gasteiger partial charge in [0.15, 0.2) is 0 Å². The molecule has 30 heavy (non-hydrogen) atoms. The van der Waals surface area contributed by atoms with E-state index in [4.69, 9.17) is 4.74 Å². The molecular weight excluding hydrogens is 400 g/mol. The van der Waals surface area contributed by atoms with Crippen LogP contribution in [-0.2, 0) is 4.74 Å². The minimum absolute atomic E-state index is 0.0174. The number of ether oxygens (including phenoxy) is 1. The van der Waals surface area contributed by atoms with E-state index in [1.165, 1.54) is 11.8 Å². The molecule has 8 heteroatoms. The number of carbonyl (C=O) groups is 2. The molecule has 2 aliphatic rings. The normalized spacial score (nSPS) is 16.8. The van der Waals surface area contributed by atoms with Crippen LogP contribution in [0.15, 0.2) is 46.5 Å². The average molecular weight is 427 g/mol. The highest BCUT2D eigenvalue weighted by Gasteiger charge is 2.30. The Labute approximate surface area is 180 Å². The molecule has 1 N–H and O–H groups in total. The first-order chi connectivity index (χ1) is 14.5. The highest BCUT2D eigenvalue weighted by molar-refractivity contribution is 7.99. The van der Waals surface area contributed by atoms with Gasteiger partial charge in [-0.25, -0.2) is 4.98 Å². The van der Waals surface area contributed by atoms with Gasteiger partial charge >= 0.3 is 0 Å². The monoisotopic (exact) mass is 426 g/mol. The number of anilines is 1. The maximum atomic E-state index is 13.1. The molecule has 0 spiro atoms. The van der Waals surface area contributed by atoms with Crippen molar-refractivity contribution in [2.75, 3.05) is 44.3 Å². The van der Waals surface area contributed by atoms with E-state index in [-0.39, 0.29) is 17.9 Å². The van der Waals surface area contributed by atoms with Crippen molar-refractivity contribution in [1.29, 1.82) is 0 Å². The number of nitrogens with one attached hydrogen (secondary N) is 1. The van der Waals surface area contributed by atoms with Gasteiger partial charge in [-0.3, -0.25) is 14.5 Å². The number of hydrogen-bond acceptors (Lipinski definition) is 6. The number of carbonyl (C=O) groups excluding carboxylic acids is 2. The van der Waals surface area contributed by atoms with E-state index in [9.17, 15) is 9.59 Å². The summed E-state index contributed by atoms with van der Waals surface area (Å²) in [5, 5.41) is 3.67. The predicted molar refractivity (Wildman–Crippen MR) is 116 cm³/mol. The van der Waals surface area contributed by atoms with Crippen LogP contribution in [0.3, 0.4) is 0 Å². The number of benzene rings is 1. The fourth-order valence-corrected chi connectivity index (χ4v) is 4.73. The van der Waals surface area contributed by atoms with Gasteiger partial charge in [-0.15, -0.1) is 0 Å². The van der Waals surface area contributed by atoms with Gasteiger partial charge in [0.05, 0.1) is 24.5 Å². The molecule has 1 aromatic carbocycles. The lowest BCUT2D eigenvalue weighted by Gasteiger charge is -2.27. The van der Waals surface area contributed by atoms with E-state index in [0.29, 0.717) is 22.7 Å². The molecule has 0 radical (unpaired) electrons. The van der Waals surface area contributed by atoms with Crippen molar-refractivity contribution in [3.63, 3.8) is 0 Å². The van der Waals surface area contributed by atoms with Crippen molar-refractivity contribution >= 4 is 29.3 Å². The summed E-state index contributed by atoms with van der Waals surface area (Å²) in [6.07, 6.45) is 1.69. The third-order valence-corrected chi connectivity index (χ3v) is 6.31. The number of fused-ring (bicyclic) bond motifs is 2. The predicted octanol–water partition coefficient (Wildman–Crippen LogP) is 2.66. The minimum atomic E-state index is -0.112. The van der Waals surface area contributed by atoms with Gasteiger partial charge in [0, 0.05) is 48.9 Å². The van der Waals surface area contributed by atoms with Crippen LogP contribution in [0.1, 0.15) is 34.6 Å². The van der Waals surface area contributed by atoms with Crippen LogP contribution in [0.25, 0.3) is 0 Å². The number of nitrogens with zero attached hydrogens (tertiary/aromatic N) is 3. The second-order valence-corrected chi connectivity index (χ2v) is 8.65. The van der Waals surface area contributed by atoms with Crippen LogP contribution in [0, 0.1) is 0 Å². The van der Waals surface area contributed by atoms with E-state index >= 15 is 0 Å². The Hall–Kier alpha value is -2.42. The number of pyridine rings is 1. The highest BCUT2D eigenvalue weighted by atomic mass is 32.2. The van der Waals surface area contributed by atoms with Crippen LogP contribution in [0.4, 0.5) is 5.69 Å². The molecule has 2 aliphatic heterocycles. The molecule has 0 atom stereocenters. The molecular formula is C22H26N4O3S. The van der Waals surface area contributed by atoms with Crippen molar-refractivity contribution in [3.8, 4) is 0 Å². The van der Waals surface area contributed by atoms with Gasteiger partial charge in [-0.05, 0) is 44.2 Å². The average Bonchev–Trinajstić information content (AvgIpc) is 2.87. The standard InChI is InChI=1S/C22H26N4O3S/c1-15(2)26-18-6-5-16(20(27)23-8-9-25-10-12-29-13-11-25)14-19(18)30-21-17(22(26)28)4-3-7-24-21/h3-7,14-15H,8-13H2,1-2H3,(H,23,27). The Morgan fingerprint density at radius 3 is 2.83 bits per heavy atom. The van der Waals surface area contributed by atoms with Crippen molar-refractivity contribution in [2.24, 2.45) is 0 Å². The van der Waals surface area contributed by atoms with Crippen molar-refractivity contribution in [3.05, 3.63) is 47.7 Å². The van der Waals surface area contributed by atoms with E-state index in [2.05, 4.69) is 15.2 Å². The second kappa shape index (κ2) is 9.16. The first-order valence-electron chi connectivity index (χ1n) is 10.2. The SMILES string of the molecule is CC(C)N1C(=O)c2cccnc2Sc2cc(C(=O)NCCN3CCOCC3)ccc21. The smallest absolute Gasteiger partial charge is 0.261 e. The lowest BCUT2D eigenvalue weighted by molar-refractivity contribution is 0.0383. The quantitative estimate of drug-likeness (QED) is 0.792. The third kappa shape index (κ3) is 4.35. The molecule has 7 nitrogen and oxygen atoms in total. The number of rotatable bonds is 5. The summed E-state index contributed by atoms with van der Waals surface area (Å²) in [6.45, 7) is 8.66. The van der Waals surface area contributed by atoms with Crippen molar-refractivity contribution < 1.29 is 14.3 Å². The molecule has 0 saturated carbocycles. The summed E-state index contributed by atoms with van der Waals surface area (Å²) in [7, 11) is 0. The summed E-state index contributed by atoms with van der Waals surface area (Å²) in [6, 6.07) is 9.07. The minimum Gasteiger partial charge on any atom is -0.379 e. The Kier molecular flexibility index (Phi) is 6.36. The molecule has 1 fully saturated rings. The lowest BCUT2D eigenvalue weighted by Crippen LogP contribution is -2.41. The largest absolute Gasteiger partial charge is 0.379 e. The summed E-state index contributed by atoms with van der Waals surface area (Å²) in [5.74, 6) is -0.179. The zero-order chi connectivity index (χ0) is 21.1. The first-order valence-corrected chi connectivity index (χ1v) is 11.0. The van der Waals surface area contributed by atoms with E-state index < -0.39 is 0 Å². The van der Waals surface area contributed by atoms with Crippen LogP contribution >= 0.6 is 11.8 Å². The van der Waals surface area contributed by atoms with Gasteiger partial charge < -0.3 is 15.0 Å². The Morgan fingerprint density at radius 1 is 1.27 bits per heavy atom. The zero-order valence-corrected chi connectivity index (χ0v) is 18.1. The Morgan fingerprint density at radius 2 is 2.07 bits per heavy atom. The lowest BCUT2D eigenvalue weighted by atomic mass is 10.1. The van der Waals surface area contributed by atoms with Crippen LogP contribution in [0.5, 0.6) is 0 Å². The van der Waals surface area contributed by atoms with Crippen LogP contribution in [-0.4, -0.2) is 67.1 Å². The molecule has 1 aromatic heterocycles. The summed E-state index contributed by atoms with van der Waals surface area (Å²) in [4.78, 5) is 35.2. The molecule has 4 rings (SSSR count). The van der Waals surface area contributed by atoms with E-state index in [0.717, 1.165) is 43.4 Å². The topological polar surface area (TPSA) is 74.8 Å². The van der Waals surface area contributed by atoms with E-state index in [1.54, 1.807) is 29.3 Å². The maximum Gasteiger partial charge on any atom is 0.261 e. The van der Waals surface area contributed by atoms with Crippen molar-refractivity contribution in [2.45, 2.75) is 29.8 Å². The summed E-state index contributed by atoms with van der Waals surface area (Å²) < 4.78 is 5.35. The third-order valence-electron chi connectivity index (χ3n) is 5.24. The van der Waals surface area contributed by atoms with Crippen LogP contribution in [0.2, 0.25) is 0 Å². The van der Waals surface area contributed by atoms with Crippen LogP contribution < -0.4 is 10.2 Å². The fraction of sp³-hybridized carbons (Fsp3) is 0.409. The summed E-state index contributed by atoms with van der Waals surface area (Å²) in [5.41, 5.74) is 1.98. The molecule has 0 unspecified atom stereocenters. The molecule has 2 aromatic rings. The Balaban J connectivity index is 1.54. The number of aromatic nitrogens is 1. The molecule has 158 valence electrons. The number of morpholine rings is 1. The van der Waals surface area contributed by atoms with Gasteiger partial charge in [0.25, 0.3) is 11.8 Å². The molecule has 3 heterocycles. The molecule has 1 saturated heterocycles. The molecule has 2 amide bonds. The number of amides is 2. The fourth-order valence-electron chi connectivity index (χ4n) is 3.68. The molecule has 0 aliphatic carbocycles. The zero-order valence-electron chi connectivity index (χ0n) is 17.3. The van der Waals surface area contributed by atoms with Gasteiger partial charge in [-0.2, -0.15) is 0 Å². The Bertz CT molecular complexity index is 944. The first kappa shape index (κ1) is 20.8.